The number of nitrogens with one attached hydrogen (secondary N) is 1. The Hall–Kier alpha value is -0.660. The van der Waals surface area contributed by atoms with Crippen LogP contribution in [0.2, 0.25) is 0 Å². The fraction of sp³-hybridized carbons (Fsp3) is 0.923. The first-order valence-electron chi connectivity index (χ1n) is 7.27. The number of carbonyl (C=O) groups excluding carboxylic acids is 1. The average Bonchev–Trinajstić information content (AvgIpc) is 3.28. The monoisotopic (exact) mass is 304 g/mol. The highest BCUT2D eigenvalue weighted by atomic mass is 32.2. The van der Waals surface area contributed by atoms with Gasteiger partial charge in [-0.3, -0.25) is 4.79 Å². The molecule has 2 aliphatic rings. The van der Waals surface area contributed by atoms with E-state index >= 15 is 0 Å². The van der Waals surface area contributed by atoms with Crippen LogP contribution in [0.4, 0.5) is 0 Å². The van der Waals surface area contributed by atoms with Crippen molar-refractivity contribution in [1.29, 1.82) is 0 Å². The van der Waals surface area contributed by atoms with Gasteiger partial charge in [0.25, 0.3) is 0 Å². The van der Waals surface area contributed by atoms with E-state index in [4.69, 9.17) is 10.5 Å². The molecule has 3 N–H and O–H groups in total. The smallest absolute Gasteiger partial charge is 0.310 e. The van der Waals surface area contributed by atoms with Crippen molar-refractivity contribution >= 4 is 16.0 Å². The Balaban J connectivity index is 1.99. The number of hydrogen-bond donors (Lipinski definition) is 2. The van der Waals surface area contributed by atoms with E-state index in [1.807, 2.05) is 0 Å². The number of hydrogen-bond acceptors (Lipinski definition) is 5. The summed E-state index contributed by atoms with van der Waals surface area (Å²) in [5, 5.41) is -0.685. The van der Waals surface area contributed by atoms with Crippen LogP contribution in [-0.2, 0) is 19.6 Å². The number of rotatable bonds is 6. The molecule has 0 radical (unpaired) electrons. The van der Waals surface area contributed by atoms with Gasteiger partial charge in [-0.1, -0.05) is 12.8 Å². The lowest BCUT2D eigenvalue weighted by Crippen LogP contribution is -2.47. The lowest BCUT2D eigenvalue weighted by Gasteiger charge is -2.29. The summed E-state index contributed by atoms with van der Waals surface area (Å²) in [6.45, 7) is 0.261. The zero-order valence-electron chi connectivity index (χ0n) is 11.9. The van der Waals surface area contributed by atoms with Crippen molar-refractivity contribution in [3.05, 3.63) is 0 Å². The van der Waals surface area contributed by atoms with E-state index in [0.717, 1.165) is 25.7 Å². The summed E-state index contributed by atoms with van der Waals surface area (Å²) < 4.78 is 32.1. The maximum atomic E-state index is 12.4. The molecule has 6 nitrogen and oxygen atoms in total. The van der Waals surface area contributed by atoms with Gasteiger partial charge in [0.1, 0.15) is 0 Å². The van der Waals surface area contributed by atoms with E-state index in [-0.39, 0.29) is 12.6 Å². The summed E-state index contributed by atoms with van der Waals surface area (Å²) in [6.07, 6.45) is 4.94. The van der Waals surface area contributed by atoms with Gasteiger partial charge in [-0.2, -0.15) is 0 Å². The predicted molar refractivity (Wildman–Crippen MR) is 75.4 cm³/mol. The topological polar surface area (TPSA) is 98.5 Å². The van der Waals surface area contributed by atoms with Gasteiger partial charge in [0.2, 0.25) is 10.0 Å². The van der Waals surface area contributed by atoms with Crippen LogP contribution in [0.25, 0.3) is 0 Å². The van der Waals surface area contributed by atoms with Gasteiger partial charge >= 0.3 is 5.97 Å². The maximum Gasteiger partial charge on any atom is 0.310 e. The molecule has 2 saturated carbocycles. The molecule has 0 aromatic rings. The standard InChI is InChI=1S/C13H24N2O4S/c1-19-13(16)10-4-2-3-5-12(10)20(17,18)15-8-11(14)9-6-7-9/h9-12,15H,2-8,14H2,1H3. The third kappa shape index (κ3) is 3.71. The highest BCUT2D eigenvalue weighted by Gasteiger charge is 2.40. The van der Waals surface area contributed by atoms with Gasteiger partial charge in [0, 0.05) is 12.6 Å². The first kappa shape index (κ1) is 15.7. The number of carbonyl (C=O) groups is 1. The molecule has 0 heterocycles. The minimum atomic E-state index is -3.52. The number of ether oxygens (including phenoxy) is 1. The minimum absolute atomic E-state index is 0.120. The molecule has 116 valence electrons. The molecule has 2 fully saturated rings. The largest absolute Gasteiger partial charge is 0.469 e. The van der Waals surface area contributed by atoms with Crippen LogP contribution in [0.1, 0.15) is 38.5 Å². The lowest BCUT2D eigenvalue weighted by atomic mass is 9.89. The summed E-state index contributed by atoms with van der Waals surface area (Å²) in [5.41, 5.74) is 5.92. The van der Waals surface area contributed by atoms with E-state index in [1.54, 1.807) is 0 Å². The van der Waals surface area contributed by atoms with Crippen LogP contribution in [-0.4, -0.2) is 39.3 Å². The molecular weight excluding hydrogens is 280 g/mol. The fourth-order valence-corrected chi connectivity index (χ4v) is 4.70. The van der Waals surface area contributed by atoms with Gasteiger partial charge in [-0.15, -0.1) is 0 Å². The Kier molecular flexibility index (Phi) is 5.04. The summed E-state index contributed by atoms with van der Waals surface area (Å²) in [6, 6.07) is -0.120. The zero-order chi connectivity index (χ0) is 14.8. The van der Waals surface area contributed by atoms with Crippen LogP contribution in [0.3, 0.4) is 0 Å². The van der Waals surface area contributed by atoms with Crippen LogP contribution in [0.15, 0.2) is 0 Å². The Morgan fingerprint density at radius 2 is 1.95 bits per heavy atom. The van der Waals surface area contributed by atoms with Crippen molar-refractivity contribution in [1.82, 2.24) is 4.72 Å². The third-order valence-corrected chi connectivity index (χ3v) is 6.28. The minimum Gasteiger partial charge on any atom is -0.469 e. The molecule has 7 heteroatoms. The molecule has 3 unspecified atom stereocenters. The molecule has 0 aromatic carbocycles. The van der Waals surface area contributed by atoms with E-state index < -0.39 is 27.2 Å². The second-order valence-electron chi connectivity index (χ2n) is 5.85. The van der Waals surface area contributed by atoms with Crippen LogP contribution < -0.4 is 10.5 Å². The van der Waals surface area contributed by atoms with Gasteiger partial charge in [0.15, 0.2) is 0 Å². The highest BCUT2D eigenvalue weighted by molar-refractivity contribution is 7.90. The van der Waals surface area contributed by atoms with Gasteiger partial charge in [-0.25, -0.2) is 13.1 Å². The molecule has 0 spiro atoms. The molecule has 2 rings (SSSR count). The maximum absolute atomic E-state index is 12.4. The molecule has 2 aliphatic carbocycles. The average molecular weight is 304 g/mol. The first-order chi connectivity index (χ1) is 9.45. The third-order valence-electron chi connectivity index (χ3n) is 4.35. The van der Waals surface area contributed by atoms with Gasteiger partial charge < -0.3 is 10.5 Å². The Morgan fingerprint density at radius 3 is 2.55 bits per heavy atom. The Labute approximate surface area is 120 Å². The summed E-state index contributed by atoms with van der Waals surface area (Å²) in [4.78, 5) is 11.7. The molecule has 3 atom stereocenters. The van der Waals surface area contributed by atoms with Crippen LogP contribution in [0, 0.1) is 11.8 Å². The van der Waals surface area contributed by atoms with Gasteiger partial charge in [0.05, 0.1) is 18.3 Å². The van der Waals surface area contributed by atoms with Crippen molar-refractivity contribution < 1.29 is 17.9 Å². The quantitative estimate of drug-likeness (QED) is 0.691. The molecule has 0 bridgehead atoms. The lowest BCUT2D eigenvalue weighted by molar-refractivity contribution is -0.146. The van der Waals surface area contributed by atoms with Crippen molar-refractivity contribution in [2.75, 3.05) is 13.7 Å². The normalized spacial score (nSPS) is 28.9. The number of sulfonamides is 1. The van der Waals surface area contributed by atoms with Gasteiger partial charge in [-0.05, 0) is 31.6 Å². The van der Waals surface area contributed by atoms with Crippen molar-refractivity contribution in [3.8, 4) is 0 Å². The predicted octanol–water partition coefficient (Wildman–Crippen LogP) is 0.375. The van der Waals surface area contributed by atoms with Crippen molar-refractivity contribution in [3.63, 3.8) is 0 Å². The van der Waals surface area contributed by atoms with Crippen LogP contribution in [0.5, 0.6) is 0 Å². The molecule has 20 heavy (non-hydrogen) atoms. The van der Waals surface area contributed by atoms with E-state index in [0.29, 0.717) is 18.8 Å². The summed E-state index contributed by atoms with van der Waals surface area (Å²) in [5.74, 6) is -0.532. The van der Waals surface area contributed by atoms with E-state index in [2.05, 4.69) is 4.72 Å². The number of nitrogens with two attached hydrogens (primary N) is 1. The summed E-state index contributed by atoms with van der Waals surface area (Å²) in [7, 11) is -2.22. The number of esters is 1. The molecule has 0 saturated heterocycles. The molecular formula is C13H24N2O4S. The molecule has 0 amide bonds. The fourth-order valence-electron chi connectivity index (χ4n) is 2.90. The first-order valence-corrected chi connectivity index (χ1v) is 8.82. The molecule has 0 aliphatic heterocycles. The summed E-state index contributed by atoms with van der Waals surface area (Å²) >= 11 is 0. The SMILES string of the molecule is COC(=O)C1CCCCC1S(=O)(=O)NCC(N)C1CC1. The van der Waals surface area contributed by atoms with E-state index in [9.17, 15) is 13.2 Å². The highest BCUT2D eigenvalue weighted by Crippen LogP contribution is 2.32. The second-order valence-corrected chi connectivity index (χ2v) is 7.83. The van der Waals surface area contributed by atoms with Crippen molar-refractivity contribution in [2.24, 2.45) is 17.6 Å². The number of methoxy groups -OCH3 is 1. The van der Waals surface area contributed by atoms with Crippen LogP contribution >= 0.6 is 0 Å². The second kappa shape index (κ2) is 6.41. The Morgan fingerprint density at radius 1 is 1.30 bits per heavy atom. The Bertz CT molecular complexity index is 447. The van der Waals surface area contributed by atoms with E-state index in [1.165, 1.54) is 7.11 Å². The van der Waals surface area contributed by atoms with Crippen molar-refractivity contribution in [2.45, 2.75) is 49.8 Å². The molecule has 0 aromatic heterocycles. The zero-order valence-corrected chi connectivity index (χ0v) is 12.7.